The number of imide groups is 1. The number of aliphatic hydroxyl groups is 1. The van der Waals surface area contributed by atoms with E-state index >= 15 is 0 Å². The summed E-state index contributed by atoms with van der Waals surface area (Å²) < 4.78 is 14.1. The summed E-state index contributed by atoms with van der Waals surface area (Å²) in [6.07, 6.45) is -0.893. The van der Waals surface area contributed by atoms with Crippen molar-refractivity contribution in [1.82, 2.24) is 15.1 Å². The molecule has 1 aromatic heterocycles. The standard InChI is InChI=1S/C37H33N3O5S2/c1-22-32(21-46-37-39-38-23(2)47-37)44-36(45-33(22)27-12-10-24(20-41)11-13-27)28-16-14-26(15-17-28)29-7-5-6-25(18-29)19-40-34(42)30-8-3-4-9-31(30)35(40)43/h3-18,22,32-33,36,41H,19-21H2,1-2H3. The Morgan fingerprint density at radius 2 is 1.51 bits per heavy atom. The van der Waals surface area contributed by atoms with Crippen molar-refractivity contribution < 1.29 is 24.2 Å². The van der Waals surface area contributed by atoms with Crippen molar-refractivity contribution >= 4 is 34.9 Å². The van der Waals surface area contributed by atoms with Crippen LogP contribution < -0.4 is 0 Å². The molecule has 0 bridgehead atoms. The van der Waals surface area contributed by atoms with Gasteiger partial charge < -0.3 is 14.6 Å². The number of ether oxygens (including phenoxy) is 2. The van der Waals surface area contributed by atoms with E-state index in [2.05, 4.69) is 17.1 Å². The minimum atomic E-state index is -0.579. The molecular formula is C37H33N3O5S2. The minimum absolute atomic E-state index is 0.00829. The lowest BCUT2D eigenvalue weighted by molar-refractivity contribution is -0.268. The van der Waals surface area contributed by atoms with E-state index in [1.165, 1.54) is 4.90 Å². The minimum Gasteiger partial charge on any atom is -0.392 e. The first kappa shape index (κ1) is 31.4. The van der Waals surface area contributed by atoms with Gasteiger partial charge in [-0.15, -0.1) is 10.2 Å². The molecule has 0 spiro atoms. The summed E-state index contributed by atoms with van der Waals surface area (Å²) in [5.74, 6) is 0.246. The topological polar surface area (TPSA) is 102 Å². The molecule has 0 aliphatic carbocycles. The van der Waals surface area contributed by atoms with Gasteiger partial charge in [0.1, 0.15) is 5.01 Å². The second-order valence-electron chi connectivity index (χ2n) is 11.8. The number of aliphatic hydroxyl groups excluding tert-OH is 1. The molecule has 0 radical (unpaired) electrons. The average Bonchev–Trinajstić information content (AvgIpc) is 3.64. The predicted molar refractivity (Wildman–Crippen MR) is 181 cm³/mol. The lowest BCUT2D eigenvalue weighted by atomic mass is 9.91. The Hall–Kier alpha value is -4.19. The molecule has 4 atom stereocenters. The van der Waals surface area contributed by atoms with Crippen LogP contribution in [0.3, 0.4) is 0 Å². The Bertz CT molecular complexity index is 1880. The third kappa shape index (κ3) is 6.52. The zero-order valence-electron chi connectivity index (χ0n) is 25.9. The van der Waals surface area contributed by atoms with Gasteiger partial charge in [0.15, 0.2) is 10.6 Å². The van der Waals surface area contributed by atoms with Gasteiger partial charge in [0, 0.05) is 17.2 Å². The van der Waals surface area contributed by atoms with E-state index in [1.807, 2.05) is 79.7 Å². The number of hydrogen-bond acceptors (Lipinski definition) is 9. The highest BCUT2D eigenvalue weighted by Gasteiger charge is 2.39. The highest BCUT2D eigenvalue weighted by Crippen LogP contribution is 2.43. The Morgan fingerprint density at radius 1 is 0.809 bits per heavy atom. The fraction of sp³-hybridized carbons (Fsp3) is 0.243. The first-order chi connectivity index (χ1) is 22.9. The van der Waals surface area contributed by atoms with E-state index in [9.17, 15) is 14.7 Å². The van der Waals surface area contributed by atoms with Crippen molar-refractivity contribution in [3.63, 3.8) is 0 Å². The fourth-order valence-electron chi connectivity index (χ4n) is 6.05. The van der Waals surface area contributed by atoms with Crippen molar-refractivity contribution in [3.8, 4) is 11.1 Å². The lowest BCUT2D eigenvalue weighted by Crippen LogP contribution is -2.38. The number of amides is 2. The third-order valence-electron chi connectivity index (χ3n) is 8.66. The van der Waals surface area contributed by atoms with Gasteiger partial charge >= 0.3 is 0 Å². The van der Waals surface area contributed by atoms with Gasteiger partial charge in [-0.2, -0.15) is 0 Å². The molecule has 0 saturated carbocycles. The molecule has 1 fully saturated rings. The van der Waals surface area contributed by atoms with Crippen LogP contribution in [0.15, 0.2) is 101 Å². The number of aryl methyl sites for hydroxylation is 1. The van der Waals surface area contributed by atoms with Gasteiger partial charge in [0.2, 0.25) is 0 Å². The summed E-state index contributed by atoms with van der Waals surface area (Å²) in [4.78, 5) is 27.1. The molecular weight excluding hydrogens is 631 g/mol. The summed E-state index contributed by atoms with van der Waals surface area (Å²) in [7, 11) is 0. The Labute approximate surface area is 281 Å². The van der Waals surface area contributed by atoms with E-state index in [0.29, 0.717) is 16.9 Å². The van der Waals surface area contributed by atoms with Crippen LogP contribution in [0.5, 0.6) is 0 Å². The molecule has 1 saturated heterocycles. The maximum atomic E-state index is 12.9. The predicted octanol–water partition coefficient (Wildman–Crippen LogP) is 7.39. The van der Waals surface area contributed by atoms with Crippen LogP contribution in [0.4, 0.5) is 0 Å². The number of rotatable bonds is 9. The van der Waals surface area contributed by atoms with E-state index in [4.69, 9.17) is 9.47 Å². The monoisotopic (exact) mass is 663 g/mol. The maximum Gasteiger partial charge on any atom is 0.261 e. The summed E-state index contributed by atoms with van der Waals surface area (Å²) >= 11 is 3.22. The molecule has 8 nitrogen and oxygen atoms in total. The first-order valence-electron chi connectivity index (χ1n) is 15.5. The van der Waals surface area contributed by atoms with Crippen LogP contribution in [-0.4, -0.2) is 43.9 Å². The number of fused-ring (bicyclic) bond motifs is 1. The molecule has 2 aliphatic heterocycles. The Morgan fingerprint density at radius 3 is 2.17 bits per heavy atom. The van der Waals surface area contributed by atoms with Crippen LogP contribution in [0, 0.1) is 12.8 Å². The summed E-state index contributed by atoms with van der Waals surface area (Å²) in [6.45, 7) is 4.30. The van der Waals surface area contributed by atoms with Crippen molar-refractivity contribution in [2.24, 2.45) is 5.92 Å². The van der Waals surface area contributed by atoms with Crippen LogP contribution in [0.2, 0.25) is 0 Å². The highest BCUT2D eigenvalue weighted by molar-refractivity contribution is 8.01. The van der Waals surface area contributed by atoms with Gasteiger partial charge in [-0.3, -0.25) is 14.5 Å². The Kier molecular flexibility index (Phi) is 9.02. The first-order valence-corrected chi connectivity index (χ1v) is 17.3. The van der Waals surface area contributed by atoms with Gasteiger partial charge in [-0.25, -0.2) is 0 Å². The molecule has 2 amide bonds. The molecule has 4 unspecified atom stereocenters. The normalized spacial score (nSPS) is 20.9. The number of benzene rings is 4. The smallest absolute Gasteiger partial charge is 0.261 e. The molecule has 1 N–H and O–H groups in total. The molecule has 238 valence electrons. The van der Waals surface area contributed by atoms with E-state index < -0.39 is 6.29 Å². The van der Waals surface area contributed by atoms with E-state index in [1.54, 1.807) is 47.4 Å². The fourth-order valence-corrected chi connectivity index (χ4v) is 8.05. The van der Waals surface area contributed by atoms with E-state index in [-0.39, 0.29) is 43.1 Å². The van der Waals surface area contributed by atoms with Crippen LogP contribution in [0.25, 0.3) is 11.1 Å². The largest absolute Gasteiger partial charge is 0.392 e. The van der Waals surface area contributed by atoms with E-state index in [0.717, 1.165) is 42.7 Å². The van der Waals surface area contributed by atoms with Crippen LogP contribution >= 0.6 is 23.1 Å². The SMILES string of the molecule is Cc1nnc(SCC2OC(c3ccc(-c4cccc(CN5C(=O)c6ccccc6C5=O)c4)cc3)OC(c3ccc(CO)cc3)C2C)s1. The Balaban J connectivity index is 1.09. The average molecular weight is 664 g/mol. The van der Waals surface area contributed by atoms with Crippen molar-refractivity contribution in [3.05, 3.63) is 135 Å². The molecule has 3 heterocycles. The molecule has 2 aliphatic rings. The molecule has 4 aromatic carbocycles. The molecule has 47 heavy (non-hydrogen) atoms. The summed E-state index contributed by atoms with van der Waals surface area (Å²) in [5.41, 5.74) is 6.54. The number of carbonyl (C=O) groups excluding carboxylic acids is 2. The number of nitrogens with zero attached hydrogens (tertiary/aromatic N) is 3. The molecule has 7 rings (SSSR count). The summed E-state index contributed by atoms with van der Waals surface area (Å²) in [6, 6.07) is 30.9. The van der Waals surface area contributed by atoms with Crippen LogP contribution in [0.1, 0.15) is 67.3 Å². The van der Waals surface area contributed by atoms with Crippen molar-refractivity contribution in [1.29, 1.82) is 0 Å². The maximum absolute atomic E-state index is 12.9. The van der Waals surface area contributed by atoms with Gasteiger partial charge in [0.25, 0.3) is 11.8 Å². The second-order valence-corrected chi connectivity index (χ2v) is 14.2. The number of aromatic nitrogens is 2. The third-order valence-corrected chi connectivity index (χ3v) is 10.7. The number of hydrogen-bond donors (Lipinski definition) is 1. The number of thioether (sulfide) groups is 1. The second kappa shape index (κ2) is 13.5. The zero-order valence-corrected chi connectivity index (χ0v) is 27.5. The van der Waals surface area contributed by atoms with Crippen molar-refractivity contribution in [2.75, 3.05) is 5.75 Å². The number of carbonyl (C=O) groups is 2. The van der Waals surface area contributed by atoms with Gasteiger partial charge in [0.05, 0.1) is 36.5 Å². The quantitative estimate of drug-likeness (QED) is 0.129. The zero-order chi connectivity index (χ0) is 32.5. The van der Waals surface area contributed by atoms with Gasteiger partial charge in [-0.05, 0) is 52.9 Å². The van der Waals surface area contributed by atoms with Crippen LogP contribution in [-0.2, 0) is 22.6 Å². The highest BCUT2D eigenvalue weighted by atomic mass is 32.2. The molecule has 10 heteroatoms. The lowest BCUT2D eigenvalue weighted by Gasteiger charge is -2.41. The van der Waals surface area contributed by atoms with Crippen molar-refractivity contribution in [2.45, 2.75) is 49.8 Å². The molecule has 5 aromatic rings. The van der Waals surface area contributed by atoms with Gasteiger partial charge in [-0.1, -0.05) is 109 Å². The summed E-state index contributed by atoms with van der Waals surface area (Å²) in [5, 5.41) is 18.9.